The summed E-state index contributed by atoms with van der Waals surface area (Å²) in [6, 6.07) is 12.0. The lowest BCUT2D eigenvalue weighted by Crippen LogP contribution is -2.49. The molecule has 0 radical (unpaired) electrons. The maximum atomic E-state index is 12.8. The molecule has 2 aliphatic rings. The SMILES string of the molecule is Cn1nccc1CCC(=O)N1CCC2(CC1)OCCc1cnc(-c3ccccc3)nc12. The van der Waals surface area contributed by atoms with E-state index in [1.165, 1.54) is 5.56 Å². The lowest BCUT2D eigenvalue weighted by atomic mass is 9.83. The van der Waals surface area contributed by atoms with Crippen LogP contribution in [0.2, 0.25) is 0 Å². The topological polar surface area (TPSA) is 73.1 Å². The largest absolute Gasteiger partial charge is 0.368 e. The first kappa shape index (κ1) is 19.9. The molecule has 7 heteroatoms. The number of fused-ring (bicyclic) bond motifs is 2. The Balaban J connectivity index is 1.30. The minimum absolute atomic E-state index is 0.194. The summed E-state index contributed by atoms with van der Waals surface area (Å²) < 4.78 is 8.18. The molecule has 160 valence electrons. The zero-order valence-corrected chi connectivity index (χ0v) is 17.8. The molecule has 3 aromatic rings. The van der Waals surface area contributed by atoms with Crippen LogP contribution in [-0.2, 0) is 35.0 Å². The third-order valence-electron chi connectivity index (χ3n) is 6.52. The molecular formula is C24H27N5O2. The highest BCUT2D eigenvalue weighted by molar-refractivity contribution is 5.76. The number of hydrogen-bond donors (Lipinski definition) is 0. The van der Waals surface area contributed by atoms with Gasteiger partial charge in [0.15, 0.2) is 5.82 Å². The molecule has 0 saturated carbocycles. The van der Waals surface area contributed by atoms with E-state index in [4.69, 9.17) is 9.72 Å². The van der Waals surface area contributed by atoms with Crippen LogP contribution in [0.4, 0.5) is 0 Å². The molecule has 1 aromatic carbocycles. The number of carbonyl (C=O) groups excluding carboxylic acids is 1. The Bertz CT molecular complexity index is 1070. The first-order valence-electron chi connectivity index (χ1n) is 11.0. The monoisotopic (exact) mass is 417 g/mol. The van der Waals surface area contributed by atoms with Gasteiger partial charge in [0.1, 0.15) is 5.60 Å². The van der Waals surface area contributed by atoms with E-state index >= 15 is 0 Å². The first-order chi connectivity index (χ1) is 15.1. The lowest BCUT2D eigenvalue weighted by molar-refractivity contribution is -0.141. The van der Waals surface area contributed by atoms with Gasteiger partial charge < -0.3 is 9.64 Å². The summed E-state index contributed by atoms with van der Waals surface area (Å²) in [5.41, 5.74) is 3.85. The number of amides is 1. The van der Waals surface area contributed by atoms with Crippen LogP contribution in [0, 0.1) is 0 Å². The molecule has 0 unspecified atom stereocenters. The van der Waals surface area contributed by atoms with E-state index in [-0.39, 0.29) is 5.91 Å². The Kier molecular flexibility index (Phi) is 5.28. The zero-order chi connectivity index (χ0) is 21.3. The number of rotatable bonds is 4. The molecule has 7 nitrogen and oxygen atoms in total. The number of benzene rings is 1. The van der Waals surface area contributed by atoms with Crippen LogP contribution in [0.15, 0.2) is 48.8 Å². The van der Waals surface area contributed by atoms with E-state index in [0.29, 0.717) is 32.5 Å². The van der Waals surface area contributed by atoms with Crippen molar-refractivity contribution >= 4 is 5.91 Å². The predicted octanol–water partition coefficient (Wildman–Crippen LogP) is 2.90. The second-order valence-corrected chi connectivity index (χ2v) is 8.35. The summed E-state index contributed by atoms with van der Waals surface area (Å²) >= 11 is 0. The fraction of sp³-hybridized carbons (Fsp3) is 0.417. The highest BCUT2D eigenvalue weighted by Gasteiger charge is 2.43. The fourth-order valence-electron chi connectivity index (χ4n) is 4.67. The third kappa shape index (κ3) is 3.85. The van der Waals surface area contributed by atoms with Gasteiger partial charge in [-0.05, 0) is 37.3 Å². The van der Waals surface area contributed by atoms with Gasteiger partial charge in [0.2, 0.25) is 5.91 Å². The van der Waals surface area contributed by atoms with Gasteiger partial charge in [0.25, 0.3) is 0 Å². The normalized spacial score (nSPS) is 17.5. The van der Waals surface area contributed by atoms with Gasteiger partial charge >= 0.3 is 0 Å². The van der Waals surface area contributed by atoms with Gasteiger partial charge in [-0.25, -0.2) is 9.97 Å². The standard InChI is InChI=1S/C24H27N5O2/c1-28-20(9-13-26-28)7-8-21(30)29-14-11-24(12-15-29)22-19(10-16-31-24)17-25-23(27-22)18-5-3-2-4-6-18/h2-6,9,13,17H,7-8,10-12,14-16H2,1H3. The van der Waals surface area contributed by atoms with Gasteiger partial charge in [-0.2, -0.15) is 5.10 Å². The lowest BCUT2D eigenvalue weighted by Gasteiger charge is -2.44. The van der Waals surface area contributed by atoms with E-state index in [9.17, 15) is 4.79 Å². The summed E-state index contributed by atoms with van der Waals surface area (Å²) in [4.78, 5) is 24.3. The molecule has 1 amide bonds. The molecular weight excluding hydrogens is 390 g/mol. The number of nitrogens with zero attached hydrogens (tertiary/aromatic N) is 5. The van der Waals surface area contributed by atoms with Crippen molar-refractivity contribution in [2.45, 2.75) is 37.7 Å². The minimum Gasteiger partial charge on any atom is -0.368 e. The van der Waals surface area contributed by atoms with Crippen molar-refractivity contribution in [3.63, 3.8) is 0 Å². The van der Waals surface area contributed by atoms with Gasteiger partial charge in [-0.3, -0.25) is 9.48 Å². The number of hydrogen-bond acceptors (Lipinski definition) is 5. The summed E-state index contributed by atoms with van der Waals surface area (Å²) in [6.07, 6.45) is 7.31. The summed E-state index contributed by atoms with van der Waals surface area (Å²) in [6.45, 7) is 2.05. The molecule has 2 aliphatic heterocycles. The number of piperidine rings is 1. The highest BCUT2D eigenvalue weighted by atomic mass is 16.5. The van der Waals surface area contributed by atoms with E-state index in [0.717, 1.165) is 42.0 Å². The predicted molar refractivity (Wildman–Crippen MR) is 116 cm³/mol. The summed E-state index contributed by atoms with van der Waals surface area (Å²) in [7, 11) is 1.91. The maximum Gasteiger partial charge on any atom is 0.222 e. The van der Waals surface area contributed by atoms with Crippen molar-refractivity contribution < 1.29 is 9.53 Å². The Morgan fingerprint density at radius 3 is 2.71 bits per heavy atom. The molecule has 0 bridgehead atoms. The smallest absolute Gasteiger partial charge is 0.222 e. The molecule has 0 atom stereocenters. The van der Waals surface area contributed by atoms with E-state index in [1.807, 2.05) is 59.2 Å². The van der Waals surface area contributed by atoms with Crippen LogP contribution in [0.5, 0.6) is 0 Å². The summed E-state index contributed by atoms with van der Waals surface area (Å²) in [5, 5.41) is 4.18. The summed E-state index contributed by atoms with van der Waals surface area (Å²) in [5.74, 6) is 0.929. The molecule has 5 rings (SSSR count). The Morgan fingerprint density at radius 2 is 1.97 bits per heavy atom. The second kappa shape index (κ2) is 8.23. The highest BCUT2D eigenvalue weighted by Crippen LogP contribution is 2.41. The molecule has 31 heavy (non-hydrogen) atoms. The van der Waals surface area contributed by atoms with Gasteiger partial charge in [-0.1, -0.05) is 30.3 Å². The van der Waals surface area contributed by atoms with Crippen LogP contribution in [0.3, 0.4) is 0 Å². The second-order valence-electron chi connectivity index (χ2n) is 8.35. The van der Waals surface area contributed by atoms with Crippen LogP contribution < -0.4 is 0 Å². The quantitative estimate of drug-likeness (QED) is 0.653. The van der Waals surface area contributed by atoms with Crippen LogP contribution in [0.25, 0.3) is 11.4 Å². The van der Waals surface area contributed by atoms with E-state index < -0.39 is 5.60 Å². The average Bonchev–Trinajstić information content (AvgIpc) is 3.23. The fourth-order valence-corrected chi connectivity index (χ4v) is 4.67. The number of carbonyl (C=O) groups is 1. The molecule has 1 spiro atoms. The molecule has 1 fully saturated rings. The number of aryl methyl sites for hydroxylation is 2. The molecule has 2 aromatic heterocycles. The van der Waals surface area contributed by atoms with Crippen molar-refractivity contribution in [1.29, 1.82) is 0 Å². The number of ether oxygens (including phenoxy) is 1. The van der Waals surface area contributed by atoms with Crippen molar-refractivity contribution in [2.24, 2.45) is 7.05 Å². The zero-order valence-electron chi connectivity index (χ0n) is 17.8. The van der Waals surface area contributed by atoms with E-state index in [2.05, 4.69) is 10.1 Å². The minimum atomic E-state index is -0.418. The van der Waals surface area contributed by atoms with Crippen molar-refractivity contribution in [2.75, 3.05) is 19.7 Å². The Labute approximate surface area is 182 Å². The Hall–Kier alpha value is -3.06. The molecule has 0 aliphatic carbocycles. The first-order valence-corrected chi connectivity index (χ1v) is 11.0. The van der Waals surface area contributed by atoms with Gasteiger partial charge in [0.05, 0.1) is 12.3 Å². The van der Waals surface area contributed by atoms with Crippen LogP contribution in [0.1, 0.15) is 36.2 Å². The average molecular weight is 418 g/mol. The van der Waals surface area contributed by atoms with Gasteiger partial charge in [0, 0.05) is 50.2 Å². The number of likely N-dealkylation sites (tertiary alicyclic amines) is 1. The van der Waals surface area contributed by atoms with Crippen molar-refractivity contribution in [1.82, 2.24) is 24.6 Å². The van der Waals surface area contributed by atoms with E-state index in [1.54, 1.807) is 6.20 Å². The molecule has 0 N–H and O–H groups in total. The van der Waals surface area contributed by atoms with Crippen molar-refractivity contribution in [3.8, 4) is 11.4 Å². The van der Waals surface area contributed by atoms with Crippen LogP contribution in [-0.4, -0.2) is 50.3 Å². The molecule has 4 heterocycles. The van der Waals surface area contributed by atoms with Crippen LogP contribution >= 0.6 is 0 Å². The number of aromatic nitrogens is 4. The maximum absolute atomic E-state index is 12.8. The third-order valence-corrected chi connectivity index (χ3v) is 6.52. The Morgan fingerprint density at radius 1 is 1.16 bits per heavy atom. The van der Waals surface area contributed by atoms with Gasteiger partial charge in [-0.15, -0.1) is 0 Å². The molecule has 1 saturated heterocycles. The van der Waals surface area contributed by atoms with Crippen molar-refractivity contribution in [3.05, 3.63) is 65.7 Å².